The molecular weight excluding hydrogens is 228 g/mol. The Bertz CT molecular complexity index is 326. The molecule has 1 saturated heterocycles. The van der Waals surface area contributed by atoms with E-state index in [2.05, 4.69) is 12.2 Å². The molecule has 2 rings (SSSR count). The molecule has 0 aromatic carbocycles. The lowest BCUT2D eigenvalue weighted by molar-refractivity contribution is -0.147. The van der Waals surface area contributed by atoms with Gasteiger partial charge in [-0.15, -0.1) is 0 Å². The molecule has 1 aliphatic heterocycles. The lowest BCUT2D eigenvalue weighted by atomic mass is 10.0. The van der Waals surface area contributed by atoms with Crippen LogP contribution in [0.1, 0.15) is 52.4 Å². The minimum absolute atomic E-state index is 0.00213. The fourth-order valence-corrected chi connectivity index (χ4v) is 2.78. The van der Waals surface area contributed by atoms with E-state index in [9.17, 15) is 9.59 Å². The van der Waals surface area contributed by atoms with Gasteiger partial charge in [0.2, 0.25) is 11.8 Å². The Hall–Kier alpha value is -1.06. The lowest BCUT2D eigenvalue weighted by Gasteiger charge is -2.37. The largest absolute Gasteiger partial charge is 0.343 e. The monoisotopic (exact) mass is 252 g/mol. The van der Waals surface area contributed by atoms with Crippen molar-refractivity contribution in [1.82, 2.24) is 10.2 Å². The Morgan fingerprint density at radius 1 is 1.33 bits per heavy atom. The molecule has 18 heavy (non-hydrogen) atoms. The number of carbonyl (C=O) groups excluding carboxylic acids is 2. The molecular formula is C14H24N2O2. The van der Waals surface area contributed by atoms with Crippen LogP contribution in [0, 0.1) is 5.92 Å². The molecule has 2 aliphatic rings. The fraction of sp³-hybridized carbons (Fsp3) is 0.857. The van der Waals surface area contributed by atoms with Gasteiger partial charge in [0.25, 0.3) is 0 Å². The molecule has 0 bridgehead atoms. The highest BCUT2D eigenvalue weighted by molar-refractivity contribution is 5.95. The van der Waals surface area contributed by atoms with Crippen LogP contribution in [-0.4, -0.2) is 35.3 Å². The highest BCUT2D eigenvalue weighted by atomic mass is 16.2. The molecule has 102 valence electrons. The zero-order valence-corrected chi connectivity index (χ0v) is 11.4. The van der Waals surface area contributed by atoms with Gasteiger partial charge >= 0.3 is 0 Å². The molecule has 0 aromatic heterocycles. The normalized spacial score (nSPS) is 26.1. The molecule has 2 fully saturated rings. The summed E-state index contributed by atoms with van der Waals surface area (Å²) in [7, 11) is 0. The molecule has 0 spiro atoms. The van der Waals surface area contributed by atoms with Gasteiger partial charge in [-0.3, -0.25) is 9.59 Å². The maximum absolute atomic E-state index is 12.4. The van der Waals surface area contributed by atoms with Crippen LogP contribution in [0.15, 0.2) is 0 Å². The van der Waals surface area contributed by atoms with Gasteiger partial charge in [0.05, 0.1) is 6.54 Å². The summed E-state index contributed by atoms with van der Waals surface area (Å²) in [5.74, 6) is 0.920. The van der Waals surface area contributed by atoms with Gasteiger partial charge in [-0.25, -0.2) is 0 Å². The first-order chi connectivity index (χ1) is 8.65. The third-order valence-corrected chi connectivity index (χ3v) is 4.02. The number of hydrogen-bond donors (Lipinski definition) is 1. The third-order valence-electron chi connectivity index (χ3n) is 4.02. The SMILES string of the molecule is CCCC1NC(=O)CN(C(CC)CC2CC2)C1=O. The van der Waals surface area contributed by atoms with Crippen molar-refractivity contribution in [2.45, 2.75) is 64.5 Å². The van der Waals surface area contributed by atoms with Crippen LogP contribution in [0.3, 0.4) is 0 Å². The summed E-state index contributed by atoms with van der Waals surface area (Å²) in [4.78, 5) is 25.9. The number of rotatable bonds is 6. The molecule has 4 heteroatoms. The Labute approximate surface area is 109 Å². The summed E-state index contributed by atoms with van der Waals surface area (Å²) >= 11 is 0. The van der Waals surface area contributed by atoms with E-state index in [0.29, 0.717) is 0 Å². The zero-order chi connectivity index (χ0) is 13.1. The van der Waals surface area contributed by atoms with Crippen LogP contribution < -0.4 is 5.32 Å². The summed E-state index contributed by atoms with van der Waals surface area (Å²) in [5, 5.41) is 2.81. The second kappa shape index (κ2) is 5.72. The smallest absolute Gasteiger partial charge is 0.245 e. The number of nitrogens with one attached hydrogen (secondary N) is 1. The fourth-order valence-electron chi connectivity index (χ4n) is 2.78. The van der Waals surface area contributed by atoms with E-state index in [0.717, 1.165) is 31.6 Å². The molecule has 1 aliphatic carbocycles. The van der Waals surface area contributed by atoms with E-state index in [1.807, 2.05) is 11.8 Å². The van der Waals surface area contributed by atoms with Gasteiger partial charge < -0.3 is 10.2 Å². The van der Waals surface area contributed by atoms with Gasteiger partial charge in [0, 0.05) is 6.04 Å². The first-order valence-corrected chi connectivity index (χ1v) is 7.25. The Morgan fingerprint density at radius 3 is 2.61 bits per heavy atom. The molecule has 1 saturated carbocycles. The van der Waals surface area contributed by atoms with Crippen LogP contribution in [0.4, 0.5) is 0 Å². The van der Waals surface area contributed by atoms with E-state index in [1.165, 1.54) is 12.8 Å². The molecule has 4 nitrogen and oxygen atoms in total. The lowest BCUT2D eigenvalue weighted by Crippen LogP contribution is -2.60. The first kappa shape index (κ1) is 13.4. The maximum atomic E-state index is 12.4. The maximum Gasteiger partial charge on any atom is 0.245 e. The van der Waals surface area contributed by atoms with Gasteiger partial charge in [0.15, 0.2) is 0 Å². The third kappa shape index (κ3) is 3.03. The minimum atomic E-state index is -0.287. The van der Waals surface area contributed by atoms with E-state index in [1.54, 1.807) is 0 Å². The topological polar surface area (TPSA) is 49.4 Å². The van der Waals surface area contributed by atoms with Crippen LogP contribution >= 0.6 is 0 Å². The molecule has 1 heterocycles. The van der Waals surface area contributed by atoms with Gasteiger partial charge in [-0.05, 0) is 25.2 Å². The van der Waals surface area contributed by atoms with Gasteiger partial charge in [-0.2, -0.15) is 0 Å². The second-order valence-corrected chi connectivity index (χ2v) is 5.62. The van der Waals surface area contributed by atoms with Crippen molar-refractivity contribution in [3.63, 3.8) is 0 Å². The Kier molecular flexibility index (Phi) is 4.25. The number of amides is 2. The molecule has 2 atom stereocenters. The number of nitrogens with zero attached hydrogens (tertiary/aromatic N) is 1. The van der Waals surface area contributed by atoms with E-state index < -0.39 is 0 Å². The summed E-state index contributed by atoms with van der Waals surface area (Å²) < 4.78 is 0. The predicted octanol–water partition coefficient (Wildman–Crippen LogP) is 1.69. The average molecular weight is 252 g/mol. The van der Waals surface area contributed by atoms with Crippen molar-refractivity contribution >= 4 is 11.8 Å². The predicted molar refractivity (Wildman–Crippen MR) is 70.0 cm³/mol. The minimum Gasteiger partial charge on any atom is -0.343 e. The van der Waals surface area contributed by atoms with Crippen molar-refractivity contribution in [2.75, 3.05) is 6.54 Å². The van der Waals surface area contributed by atoms with Gasteiger partial charge in [0.1, 0.15) is 6.04 Å². The summed E-state index contributed by atoms with van der Waals surface area (Å²) in [6, 6.07) is -0.0279. The van der Waals surface area contributed by atoms with Crippen LogP contribution in [0.5, 0.6) is 0 Å². The highest BCUT2D eigenvalue weighted by Crippen LogP contribution is 2.35. The first-order valence-electron chi connectivity index (χ1n) is 7.25. The van der Waals surface area contributed by atoms with E-state index in [4.69, 9.17) is 0 Å². The molecule has 2 unspecified atom stereocenters. The Morgan fingerprint density at radius 2 is 2.06 bits per heavy atom. The number of carbonyl (C=O) groups is 2. The summed E-state index contributed by atoms with van der Waals surface area (Å²) in [6.07, 6.45) is 6.29. The van der Waals surface area contributed by atoms with Crippen molar-refractivity contribution in [2.24, 2.45) is 5.92 Å². The molecule has 0 radical (unpaired) electrons. The zero-order valence-electron chi connectivity index (χ0n) is 11.4. The average Bonchev–Trinajstić information content (AvgIpc) is 3.15. The van der Waals surface area contributed by atoms with E-state index >= 15 is 0 Å². The quantitative estimate of drug-likeness (QED) is 0.782. The number of piperazine rings is 1. The van der Waals surface area contributed by atoms with Crippen molar-refractivity contribution in [1.29, 1.82) is 0 Å². The summed E-state index contributed by atoms with van der Waals surface area (Å²) in [5.41, 5.74) is 0. The van der Waals surface area contributed by atoms with Crippen LogP contribution in [-0.2, 0) is 9.59 Å². The standard InChI is InChI=1S/C14H24N2O2/c1-3-5-12-14(18)16(9-13(17)15-12)11(4-2)8-10-6-7-10/h10-12H,3-9H2,1-2H3,(H,15,17). The van der Waals surface area contributed by atoms with Crippen molar-refractivity contribution in [3.05, 3.63) is 0 Å². The molecule has 0 aromatic rings. The van der Waals surface area contributed by atoms with E-state index in [-0.39, 0.29) is 30.4 Å². The highest BCUT2D eigenvalue weighted by Gasteiger charge is 2.37. The van der Waals surface area contributed by atoms with Crippen LogP contribution in [0.2, 0.25) is 0 Å². The second-order valence-electron chi connectivity index (χ2n) is 5.62. The molecule has 2 amide bonds. The van der Waals surface area contributed by atoms with Crippen LogP contribution in [0.25, 0.3) is 0 Å². The van der Waals surface area contributed by atoms with Crippen molar-refractivity contribution in [3.8, 4) is 0 Å². The Balaban J connectivity index is 2.03. The van der Waals surface area contributed by atoms with Crippen molar-refractivity contribution < 1.29 is 9.59 Å². The molecule has 1 N–H and O–H groups in total. The summed E-state index contributed by atoms with van der Waals surface area (Å²) in [6.45, 7) is 4.41. The van der Waals surface area contributed by atoms with Gasteiger partial charge in [-0.1, -0.05) is 33.1 Å². The number of hydrogen-bond acceptors (Lipinski definition) is 2.